The van der Waals surface area contributed by atoms with E-state index < -0.39 is 8.07 Å². The number of rotatable bonds is 13. The van der Waals surface area contributed by atoms with Gasteiger partial charge in [0.05, 0.1) is 19.8 Å². The number of ether oxygens (including phenoxy) is 4. The van der Waals surface area contributed by atoms with Crippen LogP contribution in [0.2, 0.25) is 12.6 Å². The van der Waals surface area contributed by atoms with Gasteiger partial charge in [0.25, 0.3) is 0 Å². The molecular weight excluding hydrogens is 396 g/mol. The maximum absolute atomic E-state index is 11.1. The minimum atomic E-state index is -1.83. The Morgan fingerprint density at radius 3 is 2.20 bits per heavy atom. The van der Waals surface area contributed by atoms with Gasteiger partial charge in [-0.1, -0.05) is 77.6 Å². The Kier molecular flexibility index (Phi) is 8.63. The Balaban J connectivity index is 1.51. The van der Waals surface area contributed by atoms with E-state index in [9.17, 15) is 4.79 Å². The summed E-state index contributed by atoms with van der Waals surface area (Å²) in [5.74, 6) is -0.307. The highest BCUT2D eigenvalue weighted by molar-refractivity contribution is 7.01. The molecule has 2 aromatic rings. The van der Waals surface area contributed by atoms with Crippen LogP contribution in [-0.2, 0) is 23.7 Å². The van der Waals surface area contributed by atoms with Gasteiger partial charge in [0.2, 0.25) is 0 Å². The molecule has 162 valence electrons. The average molecular weight is 429 g/mol. The van der Waals surface area contributed by atoms with E-state index in [1.54, 1.807) is 0 Å². The first-order valence-electron chi connectivity index (χ1n) is 10.6. The lowest BCUT2D eigenvalue weighted by molar-refractivity contribution is -0.147. The van der Waals surface area contributed by atoms with Gasteiger partial charge in [-0.3, -0.25) is 4.79 Å². The van der Waals surface area contributed by atoms with Crippen molar-refractivity contribution in [1.82, 2.24) is 0 Å². The molecule has 1 fully saturated rings. The van der Waals surface area contributed by atoms with E-state index in [1.165, 1.54) is 17.3 Å². The van der Waals surface area contributed by atoms with Crippen molar-refractivity contribution >= 4 is 24.4 Å². The highest BCUT2D eigenvalue weighted by Crippen LogP contribution is 2.15. The Hall–Kier alpha value is -1.99. The molecule has 1 aliphatic heterocycles. The monoisotopic (exact) mass is 428 g/mol. The summed E-state index contributed by atoms with van der Waals surface area (Å²) >= 11 is 0. The number of hydrogen-bond donors (Lipinski definition) is 0. The van der Waals surface area contributed by atoms with Gasteiger partial charge < -0.3 is 18.9 Å². The van der Waals surface area contributed by atoms with Crippen molar-refractivity contribution < 1.29 is 23.7 Å². The third-order valence-electron chi connectivity index (χ3n) is 5.48. The summed E-state index contributed by atoms with van der Waals surface area (Å²) in [5.41, 5.74) is 0. The second kappa shape index (κ2) is 11.4. The highest BCUT2D eigenvalue weighted by Gasteiger charge is 2.31. The smallest absolute Gasteiger partial charge is 0.302 e. The van der Waals surface area contributed by atoms with E-state index in [0.717, 1.165) is 19.1 Å². The van der Waals surface area contributed by atoms with E-state index in [1.807, 2.05) is 0 Å². The number of carbonyl (C=O) groups excluding carboxylic acids is 1. The lowest BCUT2D eigenvalue weighted by atomic mass is 10.4. The highest BCUT2D eigenvalue weighted by atomic mass is 28.3. The largest absolute Gasteiger partial charge is 0.463 e. The zero-order valence-electron chi connectivity index (χ0n) is 17.9. The number of benzene rings is 2. The molecular formula is C24H32O5Si. The van der Waals surface area contributed by atoms with Crippen molar-refractivity contribution in [2.24, 2.45) is 0 Å². The van der Waals surface area contributed by atoms with Crippen LogP contribution in [0.15, 0.2) is 60.7 Å². The molecule has 30 heavy (non-hydrogen) atoms. The molecule has 6 heteroatoms. The molecule has 1 aliphatic rings. The third kappa shape index (κ3) is 7.06. The first kappa shape index (κ1) is 22.7. The zero-order chi connectivity index (χ0) is 21.2. The molecule has 0 N–H and O–H groups in total. The van der Waals surface area contributed by atoms with Crippen LogP contribution in [0.3, 0.4) is 0 Å². The molecule has 0 bridgehead atoms. The Bertz CT molecular complexity index is 724. The van der Waals surface area contributed by atoms with Crippen molar-refractivity contribution in [3.63, 3.8) is 0 Å². The predicted molar refractivity (Wildman–Crippen MR) is 120 cm³/mol. The normalized spacial score (nSPS) is 16.8. The first-order chi connectivity index (χ1) is 14.6. The summed E-state index contributed by atoms with van der Waals surface area (Å²) in [7, 11) is -1.83. The van der Waals surface area contributed by atoms with Gasteiger partial charge in [-0.25, -0.2) is 0 Å². The maximum atomic E-state index is 11.1. The molecule has 1 heterocycles. The predicted octanol–water partition coefficient (Wildman–Crippen LogP) is 2.63. The topological polar surface area (TPSA) is 57.3 Å². The molecule has 0 saturated carbocycles. The van der Waals surface area contributed by atoms with Crippen molar-refractivity contribution in [1.29, 1.82) is 0 Å². The Labute approximate surface area is 180 Å². The molecule has 2 unspecified atom stereocenters. The summed E-state index contributed by atoms with van der Waals surface area (Å²) in [6.45, 7) is 6.37. The average Bonchev–Trinajstić information content (AvgIpc) is 3.60. The van der Waals surface area contributed by atoms with Crippen LogP contribution < -0.4 is 10.4 Å². The van der Waals surface area contributed by atoms with Crippen LogP contribution in [0.25, 0.3) is 0 Å². The van der Waals surface area contributed by atoms with Gasteiger partial charge in [0.15, 0.2) is 0 Å². The van der Waals surface area contributed by atoms with Crippen LogP contribution in [0, 0.1) is 0 Å². The van der Waals surface area contributed by atoms with Gasteiger partial charge in [-0.05, 0) is 12.5 Å². The van der Waals surface area contributed by atoms with E-state index in [-0.39, 0.29) is 24.8 Å². The molecule has 0 aliphatic carbocycles. The second-order valence-electron chi connectivity index (χ2n) is 7.96. The minimum Gasteiger partial charge on any atom is -0.463 e. The van der Waals surface area contributed by atoms with Crippen molar-refractivity contribution in [2.75, 3.05) is 33.0 Å². The number of epoxide rings is 1. The SMILES string of the molecule is CC(=O)OCC(COCCC[Si](C)(c1ccccc1)c1ccccc1)OCC1CO1. The van der Waals surface area contributed by atoms with Crippen molar-refractivity contribution in [3.8, 4) is 0 Å². The van der Waals surface area contributed by atoms with Crippen LogP contribution in [-0.4, -0.2) is 59.3 Å². The fourth-order valence-corrected chi connectivity index (χ4v) is 7.19. The molecule has 1 saturated heterocycles. The van der Waals surface area contributed by atoms with Gasteiger partial charge in [0, 0.05) is 13.5 Å². The Morgan fingerprint density at radius 1 is 1.07 bits per heavy atom. The zero-order valence-corrected chi connectivity index (χ0v) is 18.9. The van der Waals surface area contributed by atoms with Gasteiger partial charge in [-0.15, -0.1) is 0 Å². The fraction of sp³-hybridized carbons (Fsp3) is 0.458. The first-order valence-corrected chi connectivity index (χ1v) is 13.3. The number of hydrogen-bond acceptors (Lipinski definition) is 5. The van der Waals surface area contributed by atoms with Crippen LogP contribution in [0.4, 0.5) is 0 Å². The lowest BCUT2D eigenvalue weighted by Gasteiger charge is -2.29. The number of carbonyl (C=O) groups is 1. The van der Waals surface area contributed by atoms with E-state index >= 15 is 0 Å². The van der Waals surface area contributed by atoms with Gasteiger partial charge in [-0.2, -0.15) is 0 Å². The standard InChI is InChI=1S/C24H32O5Si/c1-20(25)27-17-21(28-18-22-19-29-22)16-26-14-9-15-30(2,23-10-5-3-6-11-23)24-12-7-4-8-13-24/h3-8,10-13,21-22H,9,14-19H2,1-2H3. The maximum Gasteiger partial charge on any atom is 0.302 e. The summed E-state index contributed by atoms with van der Waals surface area (Å²) in [4.78, 5) is 11.1. The van der Waals surface area contributed by atoms with Crippen LogP contribution >= 0.6 is 0 Å². The van der Waals surface area contributed by atoms with E-state index in [4.69, 9.17) is 18.9 Å². The quantitative estimate of drug-likeness (QED) is 0.212. The molecule has 0 radical (unpaired) electrons. The van der Waals surface area contributed by atoms with E-state index in [2.05, 4.69) is 67.2 Å². The molecule has 0 aromatic heterocycles. The summed E-state index contributed by atoms with van der Waals surface area (Å²) in [6, 6.07) is 22.8. The minimum absolute atomic E-state index is 0.174. The molecule has 3 rings (SSSR count). The van der Waals surface area contributed by atoms with E-state index in [0.29, 0.717) is 19.8 Å². The molecule has 5 nitrogen and oxygen atoms in total. The fourth-order valence-electron chi connectivity index (χ4n) is 3.57. The third-order valence-corrected chi connectivity index (χ3v) is 10.1. The second-order valence-corrected chi connectivity index (χ2v) is 12.3. The lowest BCUT2D eigenvalue weighted by Crippen LogP contribution is -2.55. The van der Waals surface area contributed by atoms with Gasteiger partial charge in [0.1, 0.15) is 26.9 Å². The molecule has 0 amide bonds. The van der Waals surface area contributed by atoms with Crippen LogP contribution in [0.5, 0.6) is 0 Å². The molecule has 2 atom stereocenters. The molecule has 0 spiro atoms. The summed E-state index contributed by atoms with van der Waals surface area (Å²) < 4.78 is 22.0. The Morgan fingerprint density at radius 2 is 1.67 bits per heavy atom. The molecule has 2 aromatic carbocycles. The van der Waals surface area contributed by atoms with Gasteiger partial charge >= 0.3 is 5.97 Å². The van der Waals surface area contributed by atoms with Crippen LogP contribution in [0.1, 0.15) is 13.3 Å². The number of esters is 1. The van der Waals surface area contributed by atoms with Crippen molar-refractivity contribution in [3.05, 3.63) is 60.7 Å². The summed E-state index contributed by atoms with van der Waals surface area (Å²) in [6.07, 6.45) is 0.886. The van der Waals surface area contributed by atoms with Crippen molar-refractivity contribution in [2.45, 2.75) is 38.1 Å². The summed E-state index contributed by atoms with van der Waals surface area (Å²) in [5, 5.41) is 2.88.